The molecule has 0 bridgehead atoms. The van der Waals surface area contributed by atoms with Crippen LogP contribution >= 0.6 is 11.6 Å². The maximum absolute atomic E-state index is 12.5. The van der Waals surface area contributed by atoms with Crippen molar-refractivity contribution in [2.24, 2.45) is 0 Å². The minimum Gasteiger partial charge on any atom is -0.368 e. The van der Waals surface area contributed by atoms with Gasteiger partial charge in [0.25, 0.3) is 0 Å². The van der Waals surface area contributed by atoms with E-state index in [0.717, 1.165) is 6.07 Å². The van der Waals surface area contributed by atoms with Gasteiger partial charge in [-0.2, -0.15) is 18.3 Å². The summed E-state index contributed by atoms with van der Waals surface area (Å²) < 4.78 is 39.3. The summed E-state index contributed by atoms with van der Waals surface area (Å²) in [7, 11) is 0. The van der Waals surface area contributed by atoms with Gasteiger partial charge in [-0.05, 0) is 19.9 Å². The molecule has 0 aliphatic heterocycles. The fourth-order valence-electron chi connectivity index (χ4n) is 1.93. The minimum atomic E-state index is -4.50. The molecule has 2 rings (SSSR count). The van der Waals surface area contributed by atoms with E-state index in [1.165, 1.54) is 0 Å². The largest absolute Gasteiger partial charge is 0.417 e. The van der Waals surface area contributed by atoms with Crippen molar-refractivity contribution in [2.45, 2.75) is 32.5 Å². The second-order valence-corrected chi connectivity index (χ2v) is 5.99. The topological polar surface area (TPSA) is 71.8 Å². The summed E-state index contributed by atoms with van der Waals surface area (Å²) in [5.41, 5.74) is -0.354. The van der Waals surface area contributed by atoms with E-state index in [2.05, 4.69) is 20.7 Å². The molecule has 2 heterocycles. The summed E-state index contributed by atoms with van der Waals surface area (Å²) in [6.07, 6.45) is -0.472. The second-order valence-electron chi connectivity index (χ2n) is 5.58. The smallest absolute Gasteiger partial charge is 0.368 e. The summed E-state index contributed by atoms with van der Waals surface area (Å²) in [6, 6.07) is 0.970. The van der Waals surface area contributed by atoms with Gasteiger partial charge in [0.2, 0.25) is 5.91 Å². The molecule has 25 heavy (non-hydrogen) atoms. The molecule has 2 aromatic rings. The second kappa shape index (κ2) is 7.73. The third kappa shape index (κ3) is 5.35. The van der Waals surface area contributed by atoms with E-state index < -0.39 is 11.7 Å². The van der Waals surface area contributed by atoms with Gasteiger partial charge < -0.3 is 10.6 Å². The third-order valence-corrected chi connectivity index (χ3v) is 3.52. The van der Waals surface area contributed by atoms with E-state index in [-0.39, 0.29) is 35.8 Å². The number of carbonyl (C=O) groups excluding carboxylic acids is 1. The van der Waals surface area contributed by atoms with E-state index in [0.29, 0.717) is 11.9 Å². The van der Waals surface area contributed by atoms with E-state index in [9.17, 15) is 18.0 Å². The number of carbonyl (C=O) groups is 1. The summed E-state index contributed by atoms with van der Waals surface area (Å²) in [5.74, 6) is -0.172. The van der Waals surface area contributed by atoms with Crippen molar-refractivity contribution >= 4 is 29.0 Å². The Hall–Kier alpha value is -2.29. The predicted octanol–water partition coefficient (Wildman–Crippen LogP) is 3.97. The molecule has 0 atom stereocenters. The molecule has 0 aliphatic carbocycles. The molecule has 0 radical (unpaired) electrons. The first-order valence-electron chi connectivity index (χ1n) is 7.47. The quantitative estimate of drug-likeness (QED) is 0.801. The SMILES string of the molecule is CC(C)n1cc(NC(=O)CCNc2ncc(C(F)(F)F)cc2Cl)cn1. The summed E-state index contributed by atoms with van der Waals surface area (Å²) in [4.78, 5) is 15.5. The monoisotopic (exact) mass is 375 g/mol. The minimum absolute atomic E-state index is 0.0892. The van der Waals surface area contributed by atoms with Crippen molar-refractivity contribution in [2.75, 3.05) is 17.2 Å². The average molecular weight is 376 g/mol. The van der Waals surface area contributed by atoms with Crippen LogP contribution < -0.4 is 10.6 Å². The van der Waals surface area contributed by atoms with Gasteiger partial charge in [0, 0.05) is 31.4 Å². The number of nitrogens with zero attached hydrogens (tertiary/aromatic N) is 3. The van der Waals surface area contributed by atoms with Crippen LogP contribution in [0.5, 0.6) is 0 Å². The Bertz CT molecular complexity index is 745. The number of anilines is 2. The highest BCUT2D eigenvalue weighted by Crippen LogP contribution is 2.32. The van der Waals surface area contributed by atoms with E-state index in [1.54, 1.807) is 17.1 Å². The highest BCUT2D eigenvalue weighted by molar-refractivity contribution is 6.32. The first-order chi connectivity index (χ1) is 11.7. The van der Waals surface area contributed by atoms with Crippen LogP contribution in [0.4, 0.5) is 24.7 Å². The van der Waals surface area contributed by atoms with Crippen molar-refractivity contribution < 1.29 is 18.0 Å². The zero-order chi connectivity index (χ0) is 18.6. The maximum atomic E-state index is 12.5. The zero-order valence-corrected chi connectivity index (χ0v) is 14.3. The summed E-state index contributed by atoms with van der Waals surface area (Å²) in [5, 5.41) is 9.37. The number of halogens is 4. The Morgan fingerprint density at radius 1 is 1.36 bits per heavy atom. The summed E-state index contributed by atoms with van der Waals surface area (Å²) >= 11 is 5.78. The Morgan fingerprint density at radius 2 is 2.08 bits per heavy atom. The van der Waals surface area contributed by atoms with Gasteiger partial charge >= 0.3 is 6.18 Å². The van der Waals surface area contributed by atoms with Crippen molar-refractivity contribution in [3.8, 4) is 0 Å². The van der Waals surface area contributed by atoms with Gasteiger partial charge in [0.05, 0.1) is 22.5 Å². The molecule has 2 aromatic heterocycles. The highest BCUT2D eigenvalue weighted by Gasteiger charge is 2.31. The van der Waals surface area contributed by atoms with Crippen molar-refractivity contribution in [3.05, 3.63) is 35.2 Å². The number of amides is 1. The zero-order valence-electron chi connectivity index (χ0n) is 13.6. The molecular weight excluding hydrogens is 359 g/mol. The van der Waals surface area contributed by atoms with Crippen molar-refractivity contribution in [3.63, 3.8) is 0 Å². The van der Waals surface area contributed by atoms with Crippen LogP contribution in [0.2, 0.25) is 5.02 Å². The maximum Gasteiger partial charge on any atom is 0.417 e. The van der Waals surface area contributed by atoms with Crippen LogP contribution in [0.15, 0.2) is 24.7 Å². The molecule has 6 nitrogen and oxygen atoms in total. The Kier molecular flexibility index (Phi) is 5.89. The first-order valence-corrected chi connectivity index (χ1v) is 7.85. The first kappa shape index (κ1) is 19.0. The summed E-state index contributed by atoms with van der Waals surface area (Å²) in [6.45, 7) is 4.09. The number of alkyl halides is 3. The van der Waals surface area contributed by atoms with Crippen LogP contribution in [0, 0.1) is 0 Å². The number of aromatic nitrogens is 3. The molecule has 0 saturated carbocycles. The normalized spacial score (nSPS) is 11.6. The molecule has 1 amide bonds. The standard InChI is InChI=1S/C15H17ClF3N5O/c1-9(2)24-8-11(7-22-24)23-13(25)3-4-20-14-12(16)5-10(6-21-14)15(17,18)19/h5-9H,3-4H2,1-2H3,(H,20,21)(H,23,25). The highest BCUT2D eigenvalue weighted by atomic mass is 35.5. The number of hydrogen-bond donors (Lipinski definition) is 2. The van der Waals surface area contributed by atoms with Gasteiger partial charge in [-0.3, -0.25) is 9.48 Å². The van der Waals surface area contributed by atoms with Gasteiger partial charge in [0.15, 0.2) is 0 Å². The van der Waals surface area contributed by atoms with Crippen LogP contribution in [0.3, 0.4) is 0 Å². The van der Waals surface area contributed by atoms with E-state index >= 15 is 0 Å². The van der Waals surface area contributed by atoms with Crippen LogP contribution in [-0.2, 0) is 11.0 Å². The van der Waals surface area contributed by atoms with E-state index in [4.69, 9.17) is 11.6 Å². The van der Waals surface area contributed by atoms with Crippen LogP contribution in [0.25, 0.3) is 0 Å². The molecular formula is C15H17ClF3N5O. The lowest BCUT2D eigenvalue weighted by Crippen LogP contribution is -2.16. The lowest BCUT2D eigenvalue weighted by Gasteiger charge is -2.10. The van der Waals surface area contributed by atoms with Crippen molar-refractivity contribution in [1.82, 2.24) is 14.8 Å². The lowest BCUT2D eigenvalue weighted by molar-refractivity contribution is -0.137. The van der Waals surface area contributed by atoms with Gasteiger partial charge in [-0.25, -0.2) is 4.98 Å². The fraction of sp³-hybridized carbons (Fsp3) is 0.400. The third-order valence-electron chi connectivity index (χ3n) is 3.23. The number of nitrogens with one attached hydrogen (secondary N) is 2. The van der Waals surface area contributed by atoms with Gasteiger partial charge in [-0.15, -0.1) is 0 Å². The molecule has 0 saturated heterocycles. The molecule has 136 valence electrons. The Labute approximate surface area is 147 Å². The lowest BCUT2D eigenvalue weighted by atomic mass is 10.2. The number of rotatable bonds is 6. The molecule has 0 aromatic carbocycles. The Morgan fingerprint density at radius 3 is 2.64 bits per heavy atom. The molecule has 0 unspecified atom stereocenters. The molecule has 10 heteroatoms. The number of hydrogen-bond acceptors (Lipinski definition) is 4. The van der Waals surface area contributed by atoms with Crippen molar-refractivity contribution in [1.29, 1.82) is 0 Å². The molecule has 0 fully saturated rings. The average Bonchev–Trinajstić information content (AvgIpc) is 2.96. The van der Waals surface area contributed by atoms with Gasteiger partial charge in [-0.1, -0.05) is 11.6 Å². The molecule has 2 N–H and O–H groups in total. The Balaban J connectivity index is 1.84. The molecule has 0 spiro atoms. The van der Waals surface area contributed by atoms with Gasteiger partial charge in [0.1, 0.15) is 5.82 Å². The fourth-order valence-corrected chi connectivity index (χ4v) is 2.16. The van der Waals surface area contributed by atoms with Crippen LogP contribution in [0.1, 0.15) is 31.9 Å². The van der Waals surface area contributed by atoms with E-state index in [1.807, 2.05) is 13.8 Å². The van der Waals surface area contributed by atoms with Crippen LogP contribution in [-0.4, -0.2) is 27.2 Å². The predicted molar refractivity (Wildman–Crippen MR) is 88.6 cm³/mol. The number of pyridine rings is 1. The molecule has 0 aliphatic rings.